The molecule has 0 spiro atoms. The molecule has 2 aromatic carbocycles. The van der Waals surface area contributed by atoms with Gasteiger partial charge in [0.2, 0.25) is 0 Å². The van der Waals surface area contributed by atoms with Gasteiger partial charge in [-0.25, -0.2) is 4.79 Å². The Bertz CT molecular complexity index is 1050. The maximum atomic E-state index is 12.9. The first-order valence-electron chi connectivity index (χ1n) is 11.3. The molecule has 4 unspecified atom stereocenters. The van der Waals surface area contributed by atoms with E-state index in [9.17, 15) is 4.79 Å². The number of fused-ring (bicyclic) bond motifs is 4. The molecule has 31 heavy (non-hydrogen) atoms. The molecule has 3 aliphatic heterocycles. The monoisotopic (exact) mass is 415 g/mol. The molecule has 0 radical (unpaired) electrons. The highest BCUT2D eigenvalue weighted by atomic mass is 16.6. The minimum atomic E-state index is -0.410. The van der Waals surface area contributed by atoms with E-state index in [1.165, 1.54) is 12.8 Å². The van der Waals surface area contributed by atoms with Crippen LogP contribution in [0.5, 0.6) is 0 Å². The van der Waals surface area contributed by atoms with E-state index >= 15 is 0 Å². The Hall–Kier alpha value is -2.92. The predicted octanol–water partition coefficient (Wildman–Crippen LogP) is 5.65. The summed E-state index contributed by atoms with van der Waals surface area (Å²) in [4.78, 5) is 20.0. The summed E-state index contributed by atoms with van der Waals surface area (Å²) in [5.41, 5.74) is 2.71. The van der Waals surface area contributed by atoms with E-state index in [1.807, 2.05) is 60.8 Å². The van der Waals surface area contributed by atoms with E-state index in [1.54, 1.807) is 0 Å². The number of carbonyl (C=O) groups is 1. The number of aromatic nitrogens is 1. The number of amides is 1. The molecule has 160 valence electrons. The van der Waals surface area contributed by atoms with Crippen molar-refractivity contribution < 1.29 is 9.53 Å². The zero-order valence-electron chi connectivity index (χ0n) is 17.9. The highest BCUT2D eigenvalue weighted by Gasteiger charge is 2.44. The van der Waals surface area contributed by atoms with Crippen molar-refractivity contribution in [1.29, 1.82) is 0 Å². The van der Waals surface area contributed by atoms with Gasteiger partial charge >= 0.3 is 6.09 Å². The van der Waals surface area contributed by atoms with Crippen molar-refractivity contribution >= 4 is 22.7 Å². The van der Waals surface area contributed by atoms with Crippen molar-refractivity contribution in [1.82, 2.24) is 9.88 Å². The average molecular weight is 416 g/mol. The molecular weight excluding hydrogens is 386 g/mol. The first-order chi connectivity index (χ1) is 15.2. The third-order valence-electron chi connectivity index (χ3n) is 7.05. The van der Waals surface area contributed by atoms with E-state index in [2.05, 4.69) is 28.2 Å². The standard InChI is InChI=1S/C26H29N3O2/c1-2-18-17-29-15-13-19(18)16-24(29)25(31-26(30)28-20-8-4-3-5-9-20)22-12-14-27-23-11-7-6-10-21(22)23/h3-12,14,18-19,24-25H,2,13,15-17H2,1H3,(H,28,30)/t18?,19?,24?,25-/m0/s1. The molecule has 4 heterocycles. The van der Waals surface area contributed by atoms with Crippen molar-refractivity contribution in [3.63, 3.8) is 0 Å². The van der Waals surface area contributed by atoms with Crippen molar-refractivity contribution in [3.8, 4) is 0 Å². The number of pyridine rings is 1. The molecule has 3 aliphatic rings. The minimum Gasteiger partial charge on any atom is -0.439 e. The van der Waals surface area contributed by atoms with E-state index in [0.717, 1.165) is 47.6 Å². The highest BCUT2D eigenvalue weighted by molar-refractivity contribution is 5.86. The summed E-state index contributed by atoms with van der Waals surface area (Å²) in [5, 5.41) is 3.95. The Morgan fingerprint density at radius 1 is 1.16 bits per heavy atom. The van der Waals surface area contributed by atoms with Gasteiger partial charge in [-0.2, -0.15) is 0 Å². The SMILES string of the molecule is CCC1CN2CCC1CC2[C@@H](OC(=O)Nc1ccccc1)c1ccnc2ccccc12. The van der Waals surface area contributed by atoms with Gasteiger partial charge in [0.15, 0.2) is 0 Å². The van der Waals surface area contributed by atoms with Gasteiger partial charge in [0.25, 0.3) is 0 Å². The van der Waals surface area contributed by atoms with Crippen LogP contribution in [0.4, 0.5) is 10.5 Å². The number of nitrogens with zero attached hydrogens (tertiary/aromatic N) is 2. The second kappa shape index (κ2) is 8.67. The summed E-state index contributed by atoms with van der Waals surface area (Å²) in [6.07, 6.45) is 4.61. The van der Waals surface area contributed by atoms with Crippen LogP contribution in [-0.2, 0) is 4.74 Å². The molecule has 3 fully saturated rings. The van der Waals surface area contributed by atoms with Crippen molar-refractivity contribution in [2.45, 2.75) is 38.3 Å². The van der Waals surface area contributed by atoms with Gasteiger partial charge in [0, 0.05) is 29.4 Å². The van der Waals surface area contributed by atoms with E-state index in [0.29, 0.717) is 5.92 Å². The zero-order chi connectivity index (χ0) is 21.2. The molecule has 3 saturated heterocycles. The second-order valence-electron chi connectivity index (χ2n) is 8.75. The van der Waals surface area contributed by atoms with Crippen LogP contribution in [0.15, 0.2) is 66.9 Å². The van der Waals surface area contributed by atoms with Crippen molar-refractivity contribution in [2.75, 3.05) is 18.4 Å². The molecule has 0 aliphatic carbocycles. The Labute approximate surface area is 183 Å². The van der Waals surface area contributed by atoms with Crippen molar-refractivity contribution in [2.24, 2.45) is 11.8 Å². The molecule has 1 N–H and O–H groups in total. The van der Waals surface area contributed by atoms with E-state index in [-0.39, 0.29) is 12.1 Å². The molecule has 5 nitrogen and oxygen atoms in total. The van der Waals surface area contributed by atoms with Gasteiger partial charge in [0.05, 0.1) is 11.6 Å². The van der Waals surface area contributed by atoms with Crippen LogP contribution >= 0.6 is 0 Å². The summed E-state index contributed by atoms with van der Waals surface area (Å²) in [6, 6.07) is 19.8. The number of nitrogens with one attached hydrogen (secondary N) is 1. The van der Waals surface area contributed by atoms with Crippen LogP contribution in [0, 0.1) is 11.8 Å². The van der Waals surface area contributed by atoms with E-state index in [4.69, 9.17) is 4.74 Å². The van der Waals surface area contributed by atoms with Crippen LogP contribution in [0.2, 0.25) is 0 Å². The van der Waals surface area contributed by atoms with Gasteiger partial charge in [-0.1, -0.05) is 49.7 Å². The number of piperidine rings is 3. The Kier molecular flexibility index (Phi) is 5.60. The summed E-state index contributed by atoms with van der Waals surface area (Å²) < 4.78 is 6.19. The summed E-state index contributed by atoms with van der Waals surface area (Å²) in [6.45, 7) is 4.46. The Morgan fingerprint density at radius 2 is 1.97 bits per heavy atom. The molecule has 0 saturated carbocycles. The molecule has 1 amide bonds. The summed E-state index contributed by atoms with van der Waals surface area (Å²) >= 11 is 0. The smallest absolute Gasteiger partial charge is 0.412 e. The number of rotatable bonds is 5. The van der Waals surface area contributed by atoms with Crippen LogP contribution in [0.3, 0.4) is 0 Å². The predicted molar refractivity (Wildman–Crippen MR) is 123 cm³/mol. The first-order valence-corrected chi connectivity index (χ1v) is 11.3. The van der Waals surface area contributed by atoms with Crippen LogP contribution in [-0.4, -0.2) is 35.1 Å². The van der Waals surface area contributed by atoms with Gasteiger partial charge in [0.1, 0.15) is 6.10 Å². The van der Waals surface area contributed by atoms with Crippen LogP contribution < -0.4 is 5.32 Å². The Morgan fingerprint density at radius 3 is 2.74 bits per heavy atom. The maximum absolute atomic E-state index is 12.9. The normalized spacial score (nSPS) is 25.8. The highest BCUT2D eigenvalue weighted by Crippen LogP contribution is 2.44. The molecule has 3 aromatic rings. The van der Waals surface area contributed by atoms with Gasteiger partial charge in [-0.05, 0) is 55.5 Å². The molecule has 1 aromatic heterocycles. The maximum Gasteiger partial charge on any atom is 0.412 e. The van der Waals surface area contributed by atoms with Crippen molar-refractivity contribution in [3.05, 3.63) is 72.4 Å². The number of para-hydroxylation sites is 2. The molecule has 5 heteroatoms. The topological polar surface area (TPSA) is 54.5 Å². The Balaban J connectivity index is 1.48. The fourth-order valence-electron chi connectivity index (χ4n) is 5.46. The quantitative estimate of drug-likeness (QED) is 0.585. The number of benzene rings is 2. The number of carbonyl (C=O) groups excluding carboxylic acids is 1. The number of anilines is 1. The lowest BCUT2D eigenvalue weighted by atomic mass is 9.72. The molecule has 5 atom stereocenters. The average Bonchev–Trinajstić information content (AvgIpc) is 2.83. The summed E-state index contributed by atoms with van der Waals surface area (Å²) in [7, 11) is 0. The van der Waals surface area contributed by atoms with Crippen LogP contribution in [0.1, 0.15) is 37.9 Å². The zero-order valence-corrected chi connectivity index (χ0v) is 17.9. The van der Waals surface area contributed by atoms with Gasteiger partial charge in [-0.3, -0.25) is 15.2 Å². The third kappa shape index (κ3) is 4.02. The summed E-state index contributed by atoms with van der Waals surface area (Å²) in [5.74, 6) is 1.45. The number of hydrogen-bond acceptors (Lipinski definition) is 4. The molecule has 6 rings (SSSR count). The lowest BCUT2D eigenvalue weighted by Gasteiger charge is -2.51. The van der Waals surface area contributed by atoms with Gasteiger partial charge < -0.3 is 4.74 Å². The third-order valence-corrected chi connectivity index (χ3v) is 7.05. The second-order valence-corrected chi connectivity index (χ2v) is 8.75. The number of ether oxygens (including phenoxy) is 1. The lowest BCUT2D eigenvalue weighted by molar-refractivity contribution is -0.0583. The van der Waals surface area contributed by atoms with Gasteiger partial charge in [-0.15, -0.1) is 0 Å². The minimum absolute atomic E-state index is 0.189. The fraction of sp³-hybridized carbons (Fsp3) is 0.385. The molecule has 2 bridgehead atoms. The first kappa shape index (κ1) is 20.0. The fourth-order valence-corrected chi connectivity index (χ4v) is 5.46. The molecular formula is C26H29N3O2. The largest absolute Gasteiger partial charge is 0.439 e. The van der Waals surface area contributed by atoms with Crippen LogP contribution in [0.25, 0.3) is 10.9 Å². The lowest BCUT2D eigenvalue weighted by Crippen LogP contribution is -2.55. The van der Waals surface area contributed by atoms with E-state index < -0.39 is 6.09 Å². The number of hydrogen-bond donors (Lipinski definition) is 1.